The molecule has 1 fully saturated rings. The highest BCUT2D eigenvalue weighted by Crippen LogP contribution is 2.38. The monoisotopic (exact) mass is 282 g/mol. The van der Waals surface area contributed by atoms with E-state index in [1.165, 1.54) is 17.2 Å². The molecule has 0 aromatic rings. The van der Waals surface area contributed by atoms with Gasteiger partial charge in [0.2, 0.25) is 4.91 Å². The van der Waals surface area contributed by atoms with Gasteiger partial charge in [0.1, 0.15) is 30.3 Å². The summed E-state index contributed by atoms with van der Waals surface area (Å²) in [4.78, 5) is 15.6. The Kier molecular flexibility index (Phi) is 3.69. The molecule has 2 aliphatic rings. The summed E-state index contributed by atoms with van der Waals surface area (Å²) in [5.74, 6) is -0.473. The van der Waals surface area contributed by atoms with Crippen molar-refractivity contribution in [2.45, 2.75) is 25.0 Å². The molecule has 0 aromatic carbocycles. The van der Waals surface area contributed by atoms with Crippen LogP contribution in [0.2, 0.25) is 0 Å². The van der Waals surface area contributed by atoms with Crippen LogP contribution in [0, 0.1) is 11.4 Å². The summed E-state index contributed by atoms with van der Waals surface area (Å²) in [7, 11) is 0. The Morgan fingerprint density at radius 1 is 1.75 bits per heavy atom. The maximum atomic E-state index is 11.2. The number of hydrogen-bond acceptors (Lipinski definition) is 7. The molecule has 2 heterocycles. The van der Waals surface area contributed by atoms with Crippen LogP contribution < -0.4 is 10.2 Å². The smallest absolute Gasteiger partial charge is 0.293 e. The van der Waals surface area contributed by atoms with Gasteiger partial charge in [0.15, 0.2) is 5.11 Å². The van der Waals surface area contributed by atoms with Crippen LogP contribution in [-0.4, -0.2) is 45.7 Å². The third-order valence-corrected chi connectivity index (χ3v) is 3.42. The van der Waals surface area contributed by atoms with E-state index in [4.69, 9.17) is 10.3 Å². The summed E-state index contributed by atoms with van der Waals surface area (Å²) in [5.41, 5.74) is 5.10. The quantitative estimate of drug-likeness (QED) is 0.389. The molecule has 0 spiro atoms. The normalized spacial score (nSPS) is 36.8. The van der Waals surface area contributed by atoms with Crippen molar-refractivity contribution in [1.29, 1.82) is 5.53 Å². The second-order valence-electron chi connectivity index (χ2n) is 4.67. The van der Waals surface area contributed by atoms with Gasteiger partial charge in [-0.2, -0.15) is 0 Å². The maximum absolute atomic E-state index is 11.2. The lowest BCUT2D eigenvalue weighted by Crippen LogP contribution is -2.44. The van der Waals surface area contributed by atoms with E-state index in [2.05, 4.69) is 21.9 Å². The summed E-state index contributed by atoms with van der Waals surface area (Å²) < 4.78 is 5.59. The van der Waals surface area contributed by atoms with Gasteiger partial charge < -0.3 is 25.2 Å². The van der Waals surface area contributed by atoms with Gasteiger partial charge >= 0.3 is 0 Å². The molecule has 4 N–H and O–H groups in total. The van der Waals surface area contributed by atoms with E-state index in [9.17, 15) is 15.0 Å². The van der Waals surface area contributed by atoms with Gasteiger partial charge in [0, 0.05) is 18.2 Å². The van der Waals surface area contributed by atoms with Crippen molar-refractivity contribution in [3.63, 3.8) is 0 Å². The van der Waals surface area contributed by atoms with Gasteiger partial charge in [-0.25, -0.2) is 0 Å². The Labute approximate surface area is 114 Å². The predicted molar refractivity (Wildman–Crippen MR) is 65.4 cm³/mol. The van der Waals surface area contributed by atoms with Gasteiger partial charge in [-0.05, 0) is 0 Å². The first-order valence-corrected chi connectivity index (χ1v) is 5.97. The van der Waals surface area contributed by atoms with Gasteiger partial charge in [0.05, 0.1) is 0 Å². The highest BCUT2D eigenvalue weighted by Gasteiger charge is 2.58. The number of hydrogen-bond donors (Lipinski definition) is 4. The zero-order valence-electron chi connectivity index (χ0n) is 10.9. The van der Waals surface area contributed by atoms with Crippen molar-refractivity contribution in [3.05, 3.63) is 24.7 Å². The lowest BCUT2D eigenvalue weighted by molar-refractivity contribution is -0.136. The van der Waals surface area contributed by atoms with Gasteiger partial charge in [0.25, 0.3) is 11.6 Å². The number of carbonyl (C=O) groups excluding carboxylic acids is 1. The molecular weight excluding hydrogens is 266 g/mol. The van der Waals surface area contributed by atoms with Crippen LogP contribution in [0.4, 0.5) is 0 Å². The fourth-order valence-corrected chi connectivity index (χ4v) is 2.32. The van der Waals surface area contributed by atoms with E-state index in [-0.39, 0.29) is 11.7 Å². The highest BCUT2D eigenvalue weighted by molar-refractivity contribution is 5.89. The van der Waals surface area contributed by atoms with Crippen LogP contribution in [0.1, 0.15) is 6.92 Å². The Balaban J connectivity index is 2.31. The third-order valence-electron chi connectivity index (χ3n) is 3.42. The SMILES string of the molecule is C=C1NC(=O)C=CN1[C@@H]1O[C@@](CO)(N=[N+]=N)[C@@H](O)[C@@H]1C. The third kappa shape index (κ3) is 2.12. The van der Waals surface area contributed by atoms with E-state index in [1.807, 2.05) is 0 Å². The molecule has 1 saturated heterocycles. The summed E-state index contributed by atoms with van der Waals surface area (Å²) in [6, 6.07) is 0. The van der Waals surface area contributed by atoms with E-state index in [1.54, 1.807) is 6.92 Å². The second-order valence-corrected chi connectivity index (χ2v) is 4.67. The standard InChI is InChI=1S/C11H15N5O4/c1-6-9(19)11(5-17,14-15-12)20-10(6)16-4-3-8(18)13-7(16)2/h3-4,6,9-10,12,17,19H,2,5H2,1H3/p+1/t6-,9-,10+,11+/m0/s1. The molecule has 20 heavy (non-hydrogen) atoms. The first-order chi connectivity index (χ1) is 9.45. The molecule has 0 unspecified atom stereocenters. The summed E-state index contributed by atoms with van der Waals surface area (Å²) in [5, 5.41) is 25.6. The average molecular weight is 282 g/mol. The number of aliphatic hydroxyl groups is 2. The van der Waals surface area contributed by atoms with Crippen LogP contribution in [0.25, 0.3) is 0 Å². The fourth-order valence-electron chi connectivity index (χ4n) is 2.32. The van der Waals surface area contributed by atoms with Crippen molar-refractivity contribution < 1.29 is 19.7 Å². The predicted octanol–water partition coefficient (Wildman–Crippen LogP) is -1.00. The molecule has 0 aliphatic carbocycles. The minimum absolute atomic E-state index is 0.290. The van der Waals surface area contributed by atoms with Gasteiger partial charge in [-0.3, -0.25) is 4.79 Å². The minimum atomic E-state index is -1.68. The molecule has 2 aliphatic heterocycles. The zero-order chi connectivity index (χ0) is 14.9. The number of rotatable bonds is 3. The Morgan fingerprint density at radius 2 is 2.45 bits per heavy atom. The molecule has 4 atom stereocenters. The van der Waals surface area contributed by atoms with Gasteiger partial charge in [-0.15, -0.1) is 0 Å². The minimum Gasteiger partial charge on any atom is -0.391 e. The van der Waals surface area contributed by atoms with E-state index in [0.717, 1.165) is 0 Å². The van der Waals surface area contributed by atoms with Crippen molar-refractivity contribution >= 4 is 5.91 Å². The van der Waals surface area contributed by atoms with Crippen LogP contribution in [0.5, 0.6) is 0 Å². The summed E-state index contributed by atoms with van der Waals surface area (Å²) in [6.45, 7) is 4.78. The zero-order valence-corrected chi connectivity index (χ0v) is 10.9. The molecule has 108 valence electrons. The van der Waals surface area contributed by atoms with Crippen molar-refractivity contribution in [3.8, 4) is 0 Å². The molecule has 9 heteroatoms. The van der Waals surface area contributed by atoms with Crippen LogP contribution in [-0.2, 0) is 9.53 Å². The first kappa shape index (κ1) is 14.4. The molecule has 0 radical (unpaired) electrons. The second kappa shape index (κ2) is 5.14. The van der Waals surface area contributed by atoms with Crippen molar-refractivity contribution in [2.24, 2.45) is 11.0 Å². The van der Waals surface area contributed by atoms with Crippen LogP contribution >= 0.6 is 0 Å². The molecule has 1 amide bonds. The van der Waals surface area contributed by atoms with E-state index < -0.39 is 30.6 Å². The molecule has 0 saturated carbocycles. The summed E-state index contributed by atoms with van der Waals surface area (Å²) in [6.07, 6.45) is 0.917. The van der Waals surface area contributed by atoms with E-state index >= 15 is 0 Å². The maximum Gasteiger partial charge on any atom is 0.293 e. The molecule has 0 aromatic heterocycles. The lowest BCUT2D eigenvalue weighted by atomic mass is 9.98. The largest absolute Gasteiger partial charge is 0.391 e. The number of ether oxygens (including phenoxy) is 1. The number of carbonyl (C=O) groups is 1. The van der Waals surface area contributed by atoms with Gasteiger partial charge in [-0.1, -0.05) is 13.5 Å². The molecule has 2 rings (SSSR count). The molecular formula is C11H16N5O4+. The lowest BCUT2D eigenvalue weighted by Gasteiger charge is -2.33. The topological polar surface area (TPSA) is 132 Å². The van der Waals surface area contributed by atoms with Crippen molar-refractivity contribution in [2.75, 3.05) is 6.61 Å². The number of aliphatic hydroxyl groups excluding tert-OH is 2. The van der Waals surface area contributed by atoms with Crippen LogP contribution in [0.3, 0.4) is 0 Å². The Bertz CT molecular complexity index is 515. The fraction of sp³-hybridized carbons (Fsp3) is 0.545. The van der Waals surface area contributed by atoms with Crippen LogP contribution in [0.15, 0.2) is 29.8 Å². The summed E-state index contributed by atoms with van der Waals surface area (Å²) >= 11 is 0. The Morgan fingerprint density at radius 3 is 3.00 bits per heavy atom. The number of nitrogens with one attached hydrogen (secondary N) is 2. The first-order valence-electron chi connectivity index (χ1n) is 5.97. The number of nitrogens with zero attached hydrogens (tertiary/aromatic N) is 3. The molecule has 0 bridgehead atoms. The molecule has 9 nitrogen and oxygen atoms in total. The highest BCUT2D eigenvalue weighted by atomic mass is 16.6. The van der Waals surface area contributed by atoms with Crippen molar-refractivity contribution in [1.82, 2.24) is 15.1 Å². The average Bonchev–Trinajstić information content (AvgIpc) is 2.65. The Hall–Kier alpha value is -2.06. The van der Waals surface area contributed by atoms with E-state index in [0.29, 0.717) is 0 Å². The number of amides is 1.